The Balaban J connectivity index is 2.30. The maximum atomic E-state index is 6.44. The summed E-state index contributed by atoms with van der Waals surface area (Å²) in [5.74, 6) is 0.880. The van der Waals surface area contributed by atoms with Gasteiger partial charge in [-0.15, -0.1) is 0 Å². The van der Waals surface area contributed by atoms with Gasteiger partial charge in [0.1, 0.15) is 5.75 Å². The van der Waals surface area contributed by atoms with Crippen molar-refractivity contribution in [3.63, 3.8) is 0 Å². The molecule has 2 heteroatoms. The fourth-order valence-corrected chi connectivity index (χ4v) is 2.02. The molecule has 94 valence electrons. The van der Waals surface area contributed by atoms with Crippen molar-refractivity contribution in [3.8, 4) is 5.75 Å². The molecule has 0 amide bonds. The largest absolute Gasteiger partial charge is 0.494 e. The molecule has 0 heterocycles. The number of hydrogen-bond donors (Lipinski definition) is 1. The average Bonchev–Trinajstić information content (AvgIpc) is 2.41. The SMILES string of the molecule is CCOc1ccc(C(C)(N)c2ccccc2)cc1. The Morgan fingerprint density at radius 3 is 2.06 bits per heavy atom. The van der Waals surface area contributed by atoms with Crippen LogP contribution in [-0.2, 0) is 5.54 Å². The quantitative estimate of drug-likeness (QED) is 0.891. The van der Waals surface area contributed by atoms with Gasteiger partial charge in [-0.05, 0) is 37.1 Å². The van der Waals surface area contributed by atoms with Gasteiger partial charge in [0.2, 0.25) is 0 Å². The van der Waals surface area contributed by atoms with E-state index in [-0.39, 0.29) is 0 Å². The molecule has 0 aliphatic rings. The Kier molecular flexibility index (Phi) is 3.68. The highest BCUT2D eigenvalue weighted by atomic mass is 16.5. The van der Waals surface area contributed by atoms with Crippen molar-refractivity contribution in [1.82, 2.24) is 0 Å². The number of ether oxygens (including phenoxy) is 1. The van der Waals surface area contributed by atoms with E-state index < -0.39 is 5.54 Å². The first-order valence-corrected chi connectivity index (χ1v) is 6.22. The average molecular weight is 241 g/mol. The van der Waals surface area contributed by atoms with Crippen LogP contribution in [-0.4, -0.2) is 6.61 Å². The highest BCUT2D eigenvalue weighted by Crippen LogP contribution is 2.27. The number of rotatable bonds is 4. The van der Waals surface area contributed by atoms with Crippen LogP contribution in [0, 0.1) is 0 Å². The summed E-state index contributed by atoms with van der Waals surface area (Å²) in [5.41, 5.74) is 8.15. The lowest BCUT2D eigenvalue weighted by Crippen LogP contribution is -2.34. The molecule has 2 nitrogen and oxygen atoms in total. The molecule has 0 aliphatic carbocycles. The Morgan fingerprint density at radius 1 is 0.944 bits per heavy atom. The van der Waals surface area contributed by atoms with Gasteiger partial charge in [0.25, 0.3) is 0 Å². The molecule has 0 saturated carbocycles. The minimum Gasteiger partial charge on any atom is -0.494 e. The van der Waals surface area contributed by atoms with E-state index >= 15 is 0 Å². The summed E-state index contributed by atoms with van der Waals surface area (Å²) in [6.45, 7) is 4.68. The minimum atomic E-state index is -0.480. The smallest absolute Gasteiger partial charge is 0.119 e. The third-order valence-electron chi connectivity index (χ3n) is 3.14. The van der Waals surface area contributed by atoms with Crippen molar-refractivity contribution in [2.75, 3.05) is 6.61 Å². The van der Waals surface area contributed by atoms with E-state index in [0.29, 0.717) is 6.61 Å². The van der Waals surface area contributed by atoms with E-state index in [1.54, 1.807) is 0 Å². The summed E-state index contributed by atoms with van der Waals surface area (Å²) in [5, 5.41) is 0. The summed E-state index contributed by atoms with van der Waals surface area (Å²) < 4.78 is 5.44. The molecule has 2 N–H and O–H groups in total. The minimum absolute atomic E-state index is 0.480. The maximum absolute atomic E-state index is 6.44. The van der Waals surface area contributed by atoms with Crippen molar-refractivity contribution in [2.24, 2.45) is 5.73 Å². The molecule has 0 radical (unpaired) electrons. The van der Waals surface area contributed by atoms with Gasteiger partial charge < -0.3 is 10.5 Å². The van der Waals surface area contributed by atoms with Gasteiger partial charge in [0.15, 0.2) is 0 Å². The molecular formula is C16H19NO. The normalized spacial score (nSPS) is 13.9. The second-order valence-corrected chi connectivity index (χ2v) is 4.53. The van der Waals surface area contributed by atoms with Crippen LogP contribution in [0.4, 0.5) is 0 Å². The first-order valence-electron chi connectivity index (χ1n) is 6.22. The lowest BCUT2D eigenvalue weighted by molar-refractivity contribution is 0.340. The van der Waals surface area contributed by atoms with Crippen molar-refractivity contribution in [3.05, 3.63) is 65.7 Å². The van der Waals surface area contributed by atoms with Crippen LogP contribution in [0.3, 0.4) is 0 Å². The lowest BCUT2D eigenvalue weighted by atomic mass is 9.86. The molecule has 0 fully saturated rings. The predicted octanol–water partition coefficient (Wildman–Crippen LogP) is 3.31. The van der Waals surface area contributed by atoms with Crippen LogP contribution in [0.15, 0.2) is 54.6 Å². The predicted molar refractivity (Wildman–Crippen MR) is 74.7 cm³/mol. The van der Waals surface area contributed by atoms with Gasteiger partial charge >= 0.3 is 0 Å². The zero-order valence-corrected chi connectivity index (χ0v) is 10.9. The monoisotopic (exact) mass is 241 g/mol. The fourth-order valence-electron chi connectivity index (χ4n) is 2.02. The Labute approximate surface area is 108 Å². The number of benzene rings is 2. The molecule has 2 aromatic rings. The summed E-state index contributed by atoms with van der Waals surface area (Å²) >= 11 is 0. The molecule has 2 rings (SSSR count). The van der Waals surface area contributed by atoms with E-state index in [2.05, 4.69) is 12.1 Å². The first kappa shape index (κ1) is 12.7. The van der Waals surface area contributed by atoms with Gasteiger partial charge in [0, 0.05) is 0 Å². The van der Waals surface area contributed by atoms with Crippen LogP contribution in [0.2, 0.25) is 0 Å². The first-order chi connectivity index (χ1) is 8.64. The Bertz CT molecular complexity index is 488. The van der Waals surface area contributed by atoms with Crippen LogP contribution in [0.1, 0.15) is 25.0 Å². The molecule has 18 heavy (non-hydrogen) atoms. The van der Waals surface area contributed by atoms with Crippen molar-refractivity contribution in [1.29, 1.82) is 0 Å². The molecule has 0 bridgehead atoms. The van der Waals surface area contributed by atoms with Gasteiger partial charge in [-0.25, -0.2) is 0 Å². The van der Waals surface area contributed by atoms with Gasteiger partial charge in [-0.1, -0.05) is 42.5 Å². The Morgan fingerprint density at radius 2 is 1.50 bits per heavy atom. The standard InChI is InChI=1S/C16H19NO/c1-3-18-15-11-9-14(10-12-15)16(2,17)13-7-5-4-6-8-13/h4-12H,3,17H2,1-2H3. The molecule has 0 aromatic heterocycles. The molecule has 1 unspecified atom stereocenters. The van der Waals surface area contributed by atoms with Crippen LogP contribution in [0.25, 0.3) is 0 Å². The third kappa shape index (κ3) is 2.54. The molecular weight excluding hydrogens is 222 g/mol. The van der Waals surface area contributed by atoms with Gasteiger partial charge in [-0.3, -0.25) is 0 Å². The Hall–Kier alpha value is -1.80. The summed E-state index contributed by atoms with van der Waals surface area (Å²) in [6.07, 6.45) is 0. The zero-order valence-electron chi connectivity index (χ0n) is 10.9. The topological polar surface area (TPSA) is 35.2 Å². The van der Waals surface area contributed by atoms with Crippen molar-refractivity contribution in [2.45, 2.75) is 19.4 Å². The highest BCUT2D eigenvalue weighted by molar-refractivity contribution is 5.39. The van der Waals surface area contributed by atoms with Crippen molar-refractivity contribution >= 4 is 0 Å². The third-order valence-corrected chi connectivity index (χ3v) is 3.14. The van der Waals surface area contributed by atoms with Gasteiger partial charge in [-0.2, -0.15) is 0 Å². The van der Waals surface area contributed by atoms with Gasteiger partial charge in [0.05, 0.1) is 12.1 Å². The van der Waals surface area contributed by atoms with Crippen LogP contribution >= 0.6 is 0 Å². The number of hydrogen-bond acceptors (Lipinski definition) is 2. The lowest BCUT2D eigenvalue weighted by Gasteiger charge is -2.26. The number of nitrogens with two attached hydrogens (primary N) is 1. The molecule has 0 aliphatic heterocycles. The maximum Gasteiger partial charge on any atom is 0.119 e. The zero-order chi connectivity index (χ0) is 13.0. The summed E-state index contributed by atoms with van der Waals surface area (Å²) in [7, 11) is 0. The van der Waals surface area contributed by atoms with E-state index in [9.17, 15) is 0 Å². The van der Waals surface area contributed by atoms with Crippen LogP contribution in [0.5, 0.6) is 5.75 Å². The second-order valence-electron chi connectivity index (χ2n) is 4.53. The molecule has 0 spiro atoms. The van der Waals surface area contributed by atoms with E-state index in [4.69, 9.17) is 10.5 Å². The molecule has 1 atom stereocenters. The molecule has 2 aromatic carbocycles. The van der Waals surface area contributed by atoms with E-state index in [1.165, 1.54) is 0 Å². The summed E-state index contributed by atoms with van der Waals surface area (Å²) in [6, 6.07) is 18.1. The van der Waals surface area contributed by atoms with Crippen molar-refractivity contribution < 1.29 is 4.74 Å². The summed E-state index contributed by atoms with van der Waals surface area (Å²) in [4.78, 5) is 0. The van der Waals surface area contributed by atoms with Crippen LogP contribution < -0.4 is 10.5 Å². The fraction of sp³-hybridized carbons (Fsp3) is 0.250. The highest BCUT2D eigenvalue weighted by Gasteiger charge is 2.23. The van der Waals surface area contributed by atoms with E-state index in [1.807, 2.05) is 56.3 Å². The van der Waals surface area contributed by atoms with E-state index in [0.717, 1.165) is 16.9 Å². The second kappa shape index (κ2) is 5.23. The molecule has 0 saturated heterocycles.